The fourth-order valence-electron chi connectivity index (χ4n) is 3.68. The average molecular weight is 267 g/mol. The van der Waals surface area contributed by atoms with E-state index in [0.717, 1.165) is 32.2 Å². The van der Waals surface area contributed by atoms with Crippen LogP contribution in [-0.2, 0) is 4.79 Å². The highest BCUT2D eigenvalue weighted by Gasteiger charge is 2.42. The topological polar surface area (TPSA) is 58.4 Å². The molecule has 1 saturated heterocycles. The van der Waals surface area contributed by atoms with Gasteiger partial charge in [-0.05, 0) is 64.6 Å². The summed E-state index contributed by atoms with van der Waals surface area (Å²) >= 11 is 0. The van der Waals surface area contributed by atoms with Gasteiger partial charge >= 0.3 is 0 Å². The van der Waals surface area contributed by atoms with E-state index in [0.29, 0.717) is 6.04 Å². The van der Waals surface area contributed by atoms with E-state index in [2.05, 4.69) is 17.1 Å². The van der Waals surface area contributed by atoms with Crippen LogP contribution in [0.4, 0.5) is 0 Å². The monoisotopic (exact) mass is 267 g/mol. The molecule has 2 atom stereocenters. The van der Waals surface area contributed by atoms with Crippen molar-refractivity contribution >= 4 is 5.91 Å². The van der Waals surface area contributed by atoms with Crippen LogP contribution in [0, 0.1) is 0 Å². The highest BCUT2D eigenvalue weighted by Crippen LogP contribution is 2.32. The zero-order chi connectivity index (χ0) is 13.7. The number of primary amides is 1. The molecule has 19 heavy (non-hydrogen) atoms. The van der Waals surface area contributed by atoms with Crippen LogP contribution in [-0.4, -0.2) is 42.0 Å². The van der Waals surface area contributed by atoms with Gasteiger partial charge in [0.2, 0.25) is 5.91 Å². The third kappa shape index (κ3) is 3.48. The van der Waals surface area contributed by atoms with Gasteiger partial charge in [-0.25, -0.2) is 0 Å². The smallest absolute Gasteiger partial charge is 0.237 e. The van der Waals surface area contributed by atoms with Crippen LogP contribution in [0.25, 0.3) is 0 Å². The number of nitrogens with two attached hydrogens (primary N) is 1. The van der Waals surface area contributed by atoms with E-state index in [1.165, 1.54) is 38.8 Å². The zero-order valence-corrected chi connectivity index (χ0v) is 12.3. The van der Waals surface area contributed by atoms with Gasteiger partial charge in [-0.1, -0.05) is 13.3 Å². The van der Waals surface area contributed by atoms with E-state index in [9.17, 15) is 4.79 Å². The number of rotatable bonds is 5. The van der Waals surface area contributed by atoms with Gasteiger partial charge in [0.1, 0.15) is 0 Å². The van der Waals surface area contributed by atoms with E-state index in [4.69, 9.17) is 5.73 Å². The van der Waals surface area contributed by atoms with Crippen LogP contribution in [0.2, 0.25) is 0 Å². The number of hydrogen-bond acceptors (Lipinski definition) is 3. The van der Waals surface area contributed by atoms with Gasteiger partial charge in [0.05, 0.1) is 5.54 Å². The number of carbonyl (C=O) groups is 1. The molecule has 4 nitrogen and oxygen atoms in total. The molecule has 0 radical (unpaired) electrons. The molecule has 0 aromatic rings. The molecule has 2 aliphatic rings. The average Bonchev–Trinajstić information content (AvgIpc) is 2.46. The molecule has 2 fully saturated rings. The van der Waals surface area contributed by atoms with E-state index in [1.807, 2.05) is 0 Å². The Morgan fingerprint density at radius 2 is 2.05 bits per heavy atom. The first-order chi connectivity index (χ1) is 9.18. The summed E-state index contributed by atoms with van der Waals surface area (Å²) in [6.45, 7) is 5.42. The zero-order valence-electron chi connectivity index (χ0n) is 12.3. The van der Waals surface area contributed by atoms with Crippen LogP contribution < -0.4 is 11.1 Å². The van der Waals surface area contributed by atoms with Crippen molar-refractivity contribution in [3.8, 4) is 0 Å². The van der Waals surface area contributed by atoms with Crippen LogP contribution in [0.5, 0.6) is 0 Å². The first-order valence-electron chi connectivity index (χ1n) is 7.97. The lowest BCUT2D eigenvalue weighted by atomic mass is 9.77. The number of piperidine rings is 1. The van der Waals surface area contributed by atoms with Crippen LogP contribution in [0.1, 0.15) is 58.3 Å². The van der Waals surface area contributed by atoms with Gasteiger partial charge < -0.3 is 16.0 Å². The standard InChI is InChI=1S/C15H29N3O/c1-2-9-17-15(14(16)19)8-6-7-13(12-15)18-10-4-3-5-11-18/h13,17H,2-12H2,1H3,(H2,16,19). The molecule has 0 aromatic carbocycles. The largest absolute Gasteiger partial charge is 0.368 e. The third-order valence-electron chi connectivity index (χ3n) is 4.82. The first kappa shape index (κ1) is 14.8. The van der Waals surface area contributed by atoms with Gasteiger partial charge in [-0.3, -0.25) is 4.79 Å². The summed E-state index contributed by atoms with van der Waals surface area (Å²) in [5.41, 5.74) is 5.27. The second-order valence-corrected chi connectivity index (χ2v) is 6.22. The van der Waals surface area contributed by atoms with Crippen LogP contribution in [0.3, 0.4) is 0 Å². The van der Waals surface area contributed by atoms with E-state index in [1.54, 1.807) is 0 Å². The van der Waals surface area contributed by atoms with Crippen molar-refractivity contribution in [2.75, 3.05) is 19.6 Å². The maximum atomic E-state index is 12.0. The summed E-state index contributed by atoms with van der Waals surface area (Å²) in [4.78, 5) is 14.5. The molecule has 1 aliphatic carbocycles. The number of nitrogens with one attached hydrogen (secondary N) is 1. The van der Waals surface area contributed by atoms with Gasteiger partial charge in [0.25, 0.3) is 0 Å². The summed E-state index contributed by atoms with van der Waals surface area (Å²) in [5.74, 6) is -0.150. The van der Waals surface area contributed by atoms with Crippen molar-refractivity contribution in [3.63, 3.8) is 0 Å². The summed E-state index contributed by atoms with van der Waals surface area (Å²) in [6, 6.07) is 0.547. The minimum absolute atomic E-state index is 0.150. The molecule has 0 spiro atoms. The molecular formula is C15H29N3O. The maximum absolute atomic E-state index is 12.0. The Morgan fingerprint density at radius 1 is 1.32 bits per heavy atom. The fraction of sp³-hybridized carbons (Fsp3) is 0.933. The lowest BCUT2D eigenvalue weighted by Crippen LogP contribution is -2.61. The highest BCUT2D eigenvalue weighted by molar-refractivity contribution is 5.84. The molecule has 110 valence electrons. The van der Waals surface area contributed by atoms with Crippen molar-refractivity contribution in [1.29, 1.82) is 0 Å². The molecule has 1 aliphatic heterocycles. The van der Waals surface area contributed by atoms with E-state index < -0.39 is 5.54 Å². The fourth-order valence-corrected chi connectivity index (χ4v) is 3.68. The second kappa shape index (κ2) is 6.71. The Kier molecular flexibility index (Phi) is 5.22. The second-order valence-electron chi connectivity index (χ2n) is 6.22. The lowest BCUT2D eigenvalue weighted by Gasteiger charge is -2.44. The molecule has 0 aromatic heterocycles. The maximum Gasteiger partial charge on any atom is 0.237 e. The molecule has 1 heterocycles. The minimum Gasteiger partial charge on any atom is -0.368 e. The number of carbonyl (C=O) groups excluding carboxylic acids is 1. The van der Waals surface area contributed by atoms with Gasteiger partial charge in [-0.15, -0.1) is 0 Å². The van der Waals surface area contributed by atoms with Crippen molar-refractivity contribution in [1.82, 2.24) is 10.2 Å². The predicted molar refractivity (Wildman–Crippen MR) is 77.9 cm³/mol. The predicted octanol–water partition coefficient (Wildman–Crippen LogP) is 1.64. The van der Waals surface area contributed by atoms with Gasteiger partial charge in [0.15, 0.2) is 0 Å². The van der Waals surface area contributed by atoms with Crippen LogP contribution >= 0.6 is 0 Å². The Labute approximate surface area is 117 Å². The van der Waals surface area contributed by atoms with Crippen LogP contribution in [0.15, 0.2) is 0 Å². The van der Waals surface area contributed by atoms with Crippen molar-refractivity contribution in [3.05, 3.63) is 0 Å². The van der Waals surface area contributed by atoms with Gasteiger partial charge in [0, 0.05) is 6.04 Å². The van der Waals surface area contributed by atoms with E-state index >= 15 is 0 Å². The normalized spacial score (nSPS) is 33.2. The first-order valence-corrected chi connectivity index (χ1v) is 7.97. The third-order valence-corrected chi connectivity index (χ3v) is 4.82. The SMILES string of the molecule is CCCNC1(C(N)=O)CCCC(N2CCCCC2)C1. The van der Waals surface area contributed by atoms with Crippen molar-refractivity contribution in [2.24, 2.45) is 5.73 Å². The highest BCUT2D eigenvalue weighted by atomic mass is 16.1. The van der Waals surface area contributed by atoms with Crippen molar-refractivity contribution < 1.29 is 4.79 Å². The molecule has 4 heteroatoms. The lowest BCUT2D eigenvalue weighted by molar-refractivity contribution is -0.126. The summed E-state index contributed by atoms with van der Waals surface area (Å²) in [5, 5.41) is 3.45. The Morgan fingerprint density at radius 3 is 2.68 bits per heavy atom. The number of likely N-dealkylation sites (tertiary alicyclic amines) is 1. The van der Waals surface area contributed by atoms with E-state index in [-0.39, 0.29) is 5.91 Å². The molecule has 1 saturated carbocycles. The summed E-state index contributed by atoms with van der Waals surface area (Å²) < 4.78 is 0. The Hall–Kier alpha value is -0.610. The number of hydrogen-bond donors (Lipinski definition) is 2. The molecular weight excluding hydrogens is 238 g/mol. The number of amides is 1. The molecule has 2 rings (SSSR count). The molecule has 3 N–H and O–H groups in total. The number of nitrogens with zero attached hydrogens (tertiary/aromatic N) is 1. The summed E-state index contributed by atoms with van der Waals surface area (Å²) in [7, 11) is 0. The summed E-state index contributed by atoms with van der Waals surface area (Å²) in [6.07, 6.45) is 9.17. The molecule has 2 unspecified atom stereocenters. The quantitative estimate of drug-likeness (QED) is 0.796. The Balaban J connectivity index is 2.01. The molecule has 1 amide bonds. The minimum atomic E-state index is -0.448. The van der Waals surface area contributed by atoms with Gasteiger partial charge in [-0.2, -0.15) is 0 Å². The molecule has 0 bridgehead atoms. The van der Waals surface area contributed by atoms with Crippen molar-refractivity contribution in [2.45, 2.75) is 69.9 Å². The Bertz CT molecular complexity index is 302.